The molecule has 0 saturated heterocycles. The fourth-order valence-corrected chi connectivity index (χ4v) is 4.36. The summed E-state index contributed by atoms with van der Waals surface area (Å²) >= 11 is 6.90. The van der Waals surface area contributed by atoms with E-state index >= 15 is 0 Å². The van der Waals surface area contributed by atoms with Crippen LogP contribution in [-0.2, 0) is 17.7 Å². The number of nitrogens with zero attached hydrogens (tertiary/aromatic N) is 2. The average Bonchev–Trinajstić information content (AvgIpc) is 3.24. The zero-order valence-electron chi connectivity index (χ0n) is 16.0. The zero-order chi connectivity index (χ0) is 20.1. The molecule has 3 rings (SSSR count). The number of aromatic nitrogens is 2. The Bertz CT molecular complexity index is 980. The van der Waals surface area contributed by atoms with Gasteiger partial charge in [0.15, 0.2) is 10.9 Å². The molecular formula is C20H22N4O2S2. The number of hydrogen-bond donors (Lipinski definition) is 2. The van der Waals surface area contributed by atoms with Crippen LogP contribution in [0.3, 0.4) is 0 Å². The molecule has 2 aromatic heterocycles. The van der Waals surface area contributed by atoms with Gasteiger partial charge in [0.1, 0.15) is 5.00 Å². The molecule has 6 nitrogen and oxygen atoms in total. The Hall–Kier alpha value is -2.71. The lowest BCUT2D eigenvalue weighted by atomic mass is 10.1. The summed E-state index contributed by atoms with van der Waals surface area (Å²) in [4.78, 5) is 13.3. The van der Waals surface area contributed by atoms with E-state index in [1.54, 1.807) is 0 Å². The third kappa shape index (κ3) is 4.58. The Labute approximate surface area is 173 Å². The van der Waals surface area contributed by atoms with Crippen molar-refractivity contribution in [2.24, 2.45) is 0 Å². The second-order valence-corrected chi connectivity index (χ2v) is 7.78. The van der Waals surface area contributed by atoms with Crippen molar-refractivity contribution >= 4 is 45.5 Å². The maximum Gasteiger partial charge on any atom is 0.341 e. The second-order valence-electron chi connectivity index (χ2n) is 6.15. The molecule has 0 bridgehead atoms. The number of hydrogen-bond acceptors (Lipinski definition) is 5. The van der Waals surface area contributed by atoms with E-state index in [-0.39, 0.29) is 5.97 Å². The Balaban J connectivity index is 1.69. The lowest BCUT2D eigenvalue weighted by molar-refractivity contribution is 0.0601. The first kappa shape index (κ1) is 20.0. The smallest absolute Gasteiger partial charge is 0.341 e. The zero-order valence-corrected chi connectivity index (χ0v) is 17.6. The minimum absolute atomic E-state index is 0.362. The van der Waals surface area contributed by atoms with Gasteiger partial charge in [-0.05, 0) is 36.7 Å². The first-order valence-corrected chi connectivity index (χ1v) is 10.1. The fourth-order valence-electron chi connectivity index (χ4n) is 2.95. The second kappa shape index (κ2) is 8.99. The number of carbonyl (C=O) groups excluding carboxylic acids is 1. The van der Waals surface area contributed by atoms with Gasteiger partial charge >= 0.3 is 5.97 Å². The normalized spacial score (nSPS) is 10.5. The molecule has 0 aliphatic heterocycles. The van der Waals surface area contributed by atoms with E-state index < -0.39 is 0 Å². The van der Waals surface area contributed by atoms with Crippen molar-refractivity contribution in [2.75, 3.05) is 17.7 Å². The maximum atomic E-state index is 12.2. The molecular weight excluding hydrogens is 392 g/mol. The van der Waals surface area contributed by atoms with Crippen molar-refractivity contribution < 1.29 is 9.53 Å². The molecule has 2 N–H and O–H groups in total. The third-order valence-corrected chi connectivity index (χ3v) is 5.52. The molecule has 28 heavy (non-hydrogen) atoms. The quantitative estimate of drug-likeness (QED) is 0.459. The minimum atomic E-state index is -0.362. The number of thiophene rings is 1. The van der Waals surface area contributed by atoms with E-state index in [2.05, 4.69) is 27.9 Å². The van der Waals surface area contributed by atoms with Crippen molar-refractivity contribution in [1.82, 2.24) is 9.78 Å². The number of aryl methyl sites for hydroxylation is 1. The predicted octanol–water partition coefficient (Wildman–Crippen LogP) is 4.46. The lowest BCUT2D eigenvalue weighted by Gasteiger charge is -2.09. The number of rotatable bonds is 6. The van der Waals surface area contributed by atoms with Gasteiger partial charge in [-0.25, -0.2) is 4.79 Å². The molecule has 0 aliphatic rings. The largest absolute Gasteiger partial charge is 0.465 e. The van der Waals surface area contributed by atoms with E-state index in [1.165, 1.54) is 24.0 Å². The van der Waals surface area contributed by atoms with E-state index in [9.17, 15) is 4.79 Å². The van der Waals surface area contributed by atoms with Crippen molar-refractivity contribution in [3.63, 3.8) is 0 Å². The topological polar surface area (TPSA) is 68.2 Å². The SMILES string of the molecule is CCc1c(C)sc(NC(=S)Nc2ccn(Cc3ccccc3)n2)c1C(=O)OC. The predicted molar refractivity (Wildman–Crippen MR) is 117 cm³/mol. The highest BCUT2D eigenvalue weighted by molar-refractivity contribution is 7.80. The highest BCUT2D eigenvalue weighted by Gasteiger charge is 2.22. The summed E-state index contributed by atoms with van der Waals surface area (Å²) in [5.74, 6) is 0.274. The van der Waals surface area contributed by atoms with E-state index in [0.29, 0.717) is 28.0 Å². The molecule has 0 fully saturated rings. The average molecular weight is 415 g/mol. The maximum absolute atomic E-state index is 12.2. The molecule has 146 valence electrons. The lowest BCUT2D eigenvalue weighted by Crippen LogP contribution is -2.20. The molecule has 0 saturated carbocycles. The van der Waals surface area contributed by atoms with Gasteiger partial charge in [0.05, 0.1) is 19.2 Å². The van der Waals surface area contributed by atoms with Crippen molar-refractivity contribution in [3.8, 4) is 0 Å². The van der Waals surface area contributed by atoms with Gasteiger partial charge in [0, 0.05) is 17.1 Å². The molecule has 0 spiro atoms. The molecule has 3 aromatic rings. The molecule has 0 amide bonds. The number of benzene rings is 1. The molecule has 0 aliphatic carbocycles. The molecule has 8 heteroatoms. The van der Waals surface area contributed by atoms with Crippen LogP contribution in [-0.4, -0.2) is 28.0 Å². The minimum Gasteiger partial charge on any atom is -0.465 e. The molecule has 1 aromatic carbocycles. The van der Waals surface area contributed by atoms with Crippen LogP contribution < -0.4 is 10.6 Å². The fraction of sp³-hybridized carbons (Fsp3) is 0.250. The van der Waals surface area contributed by atoms with Crippen LogP contribution in [0.2, 0.25) is 0 Å². The van der Waals surface area contributed by atoms with Gasteiger partial charge < -0.3 is 15.4 Å². The summed E-state index contributed by atoms with van der Waals surface area (Å²) in [5.41, 5.74) is 2.70. The van der Waals surface area contributed by atoms with Gasteiger partial charge in [-0.2, -0.15) is 5.10 Å². The third-order valence-electron chi connectivity index (χ3n) is 4.25. The van der Waals surface area contributed by atoms with Crippen LogP contribution in [0.4, 0.5) is 10.8 Å². The number of carbonyl (C=O) groups is 1. The van der Waals surface area contributed by atoms with Crippen LogP contribution in [0.15, 0.2) is 42.6 Å². The Morgan fingerprint density at radius 2 is 2.00 bits per heavy atom. The summed E-state index contributed by atoms with van der Waals surface area (Å²) < 4.78 is 6.78. The number of methoxy groups -OCH3 is 1. The van der Waals surface area contributed by atoms with Crippen LogP contribution in [0, 0.1) is 6.92 Å². The van der Waals surface area contributed by atoms with Gasteiger partial charge in [0.2, 0.25) is 0 Å². The Morgan fingerprint density at radius 3 is 2.68 bits per heavy atom. The number of esters is 1. The van der Waals surface area contributed by atoms with Crippen LogP contribution in [0.1, 0.15) is 33.3 Å². The number of thiocarbonyl (C=S) groups is 1. The van der Waals surface area contributed by atoms with E-state index in [4.69, 9.17) is 17.0 Å². The molecule has 2 heterocycles. The highest BCUT2D eigenvalue weighted by Crippen LogP contribution is 2.34. The van der Waals surface area contributed by atoms with Gasteiger partial charge in [0.25, 0.3) is 0 Å². The number of anilines is 2. The summed E-state index contributed by atoms with van der Waals surface area (Å²) in [5, 5.41) is 11.7. The van der Waals surface area contributed by atoms with E-state index in [0.717, 1.165) is 16.9 Å². The summed E-state index contributed by atoms with van der Waals surface area (Å²) in [6.45, 7) is 4.68. The standard InChI is InChI=1S/C20H22N4O2S2/c1-4-15-13(2)28-18(17(15)19(25)26-3)22-20(27)21-16-10-11-24(23-16)12-14-8-6-5-7-9-14/h5-11H,4,12H2,1-3H3,(H2,21,22,23,27). The van der Waals surface area contributed by atoms with Crippen LogP contribution in [0.25, 0.3) is 0 Å². The first-order valence-electron chi connectivity index (χ1n) is 8.87. The van der Waals surface area contributed by atoms with Gasteiger partial charge in [-0.1, -0.05) is 37.3 Å². The number of ether oxygens (including phenoxy) is 1. The highest BCUT2D eigenvalue weighted by atomic mass is 32.1. The number of nitrogens with one attached hydrogen (secondary N) is 2. The Kier molecular flexibility index (Phi) is 6.43. The summed E-state index contributed by atoms with van der Waals surface area (Å²) in [6.07, 6.45) is 2.64. The van der Waals surface area contributed by atoms with Crippen LogP contribution >= 0.6 is 23.6 Å². The molecule has 0 unspecified atom stereocenters. The van der Waals surface area contributed by atoms with Crippen molar-refractivity contribution in [3.05, 3.63) is 64.2 Å². The first-order chi connectivity index (χ1) is 13.5. The Morgan fingerprint density at radius 1 is 1.25 bits per heavy atom. The van der Waals surface area contributed by atoms with Gasteiger partial charge in [-0.3, -0.25) is 4.68 Å². The van der Waals surface area contributed by atoms with Gasteiger partial charge in [-0.15, -0.1) is 11.3 Å². The van der Waals surface area contributed by atoms with Crippen molar-refractivity contribution in [2.45, 2.75) is 26.8 Å². The summed E-state index contributed by atoms with van der Waals surface area (Å²) in [7, 11) is 1.38. The summed E-state index contributed by atoms with van der Waals surface area (Å²) in [6, 6.07) is 12.0. The van der Waals surface area contributed by atoms with E-state index in [1.807, 2.05) is 49.0 Å². The van der Waals surface area contributed by atoms with Crippen LogP contribution in [0.5, 0.6) is 0 Å². The molecule has 0 radical (unpaired) electrons. The monoisotopic (exact) mass is 414 g/mol. The van der Waals surface area contributed by atoms with Crippen molar-refractivity contribution in [1.29, 1.82) is 0 Å². The molecule has 0 atom stereocenters.